The third-order valence-electron chi connectivity index (χ3n) is 3.08. The fraction of sp³-hybridized carbons (Fsp3) is 0.125. The Morgan fingerprint density at radius 2 is 2.14 bits per heavy atom. The van der Waals surface area contributed by atoms with Crippen LogP contribution in [0.4, 0.5) is 4.39 Å². The SMILES string of the molecule is Cc1ccc2nc(SCc3cc(F)cc(C#N)c3)[nH]c2c1. The number of thioether (sulfide) groups is 1. The van der Waals surface area contributed by atoms with E-state index in [0.717, 1.165) is 21.8 Å². The van der Waals surface area contributed by atoms with Gasteiger partial charge in [-0.25, -0.2) is 9.37 Å². The first-order chi connectivity index (χ1) is 10.1. The molecule has 0 aliphatic carbocycles. The summed E-state index contributed by atoms with van der Waals surface area (Å²) in [5.41, 5.74) is 4.19. The molecule has 3 aromatic rings. The topological polar surface area (TPSA) is 52.5 Å². The van der Waals surface area contributed by atoms with Crippen LogP contribution in [0.1, 0.15) is 16.7 Å². The Bertz CT molecular complexity index is 848. The second-order valence-corrected chi connectivity index (χ2v) is 5.78. The van der Waals surface area contributed by atoms with E-state index in [1.165, 1.54) is 29.5 Å². The minimum Gasteiger partial charge on any atom is -0.333 e. The molecule has 0 fully saturated rings. The maximum atomic E-state index is 13.4. The Hall–Kier alpha value is -2.32. The molecule has 0 spiro atoms. The molecule has 104 valence electrons. The number of halogens is 1. The Balaban J connectivity index is 1.80. The van der Waals surface area contributed by atoms with Gasteiger partial charge in [-0.1, -0.05) is 17.8 Å². The molecule has 21 heavy (non-hydrogen) atoms. The number of aryl methyl sites for hydroxylation is 1. The van der Waals surface area contributed by atoms with Crippen molar-refractivity contribution in [2.24, 2.45) is 0 Å². The van der Waals surface area contributed by atoms with E-state index in [-0.39, 0.29) is 5.82 Å². The van der Waals surface area contributed by atoms with Gasteiger partial charge in [-0.2, -0.15) is 5.26 Å². The minimum atomic E-state index is -0.384. The van der Waals surface area contributed by atoms with Gasteiger partial charge in [0, 0.05) is 5.75 Å². The molecule has 3 nitrogen and oxygen atoms in total. The highest BCUT2D eigenvalue weighted by atomic mass is 32.2. The van der Waals surface area contributed by atoms with Crippen LogP contribution in [0.15, 0.2) is 41.6 Å². The first-order valence-corrected chi connectivity index (χ1v) is 7.41. The Morgan fingerprint density at radius 1 is 1.29 bits per heavy atom. The average molecular weight is 297 g/mol. The van der Waals surface area contributed by atoms with Crippen LogP contribution in [0.25, 0.3) is 11.0 Å². The number of H-pyrrole nitrogens is 1. The van der Waals surface area contributed by atoms with E-state index in [1.54, 1.807) is 6.07 Å². The van der Waals surface area contributed by atoms with Crippen LogP contribution in [-0.2, 0) is 5.75 Å². The molecule has 0 amide bonds. The number of nitrogens with one attached hydrogen (secondary N) is 1. The monoisotopic (exact) mass is 297 g/mol. The van der Waals surface area contributed by atoms with E-state index in [4.69, 9.17) is 5.26 Å². The summed E-state index contributed by atoms with van der Waals surface area (Å²) in [5, 5.41) is 9.64. The minimum absolute atomic E-state index is 0.339. The predicted octanol–water partition coefficient (Wildman–Crippen LogP) is 4.17. The van der Waals surface area contributed by atoms with Crippen LogP contribution >= 0.6 is 11.8 Å². The molecule has 3 rings (SSSR count). The molecule has 1 aromatic heterocycles. The summed E-state index contributed by atoms with van der Waals surface area (Å²) in [7, 11) is 0. The van der Waals surface area contributed by atoms with Crippen LogP contribution in [-0.4, -0.2) is 9.97 Å². The van der Waals surface area contributed by atoms with Gasteiger partial charge in [0.1, 0.15) is 5.82 Å². The molecule has 1 heterocycles. The predicted molar refractivity (Wildman–Crippen MR) is 81.5 cm³/mol. The maximum absolute atomic E-state index is 13.4. The van der Waals surface area contributed by atoms with Crippen LogP contribution in [0.2, 0.25) is 0 Å². The fourth-order valence-corrected chi connectivity index (χ4v) is 2.93. The number of hydrogen-bond donors (Lipinski definition) is 1. The van der Waals surface area contributed by atoms with E-state index in [9.17, 15) is 4.39 Å². The number of benzene rings is 2. The van der Waals surface area contributed by atoms with Gasteiger partial charge in [0.15, 0.2) is 5.16 Å². The maximum Gasteiger partial charge on any atom is 0.166 e. The summed E-state index contributed by atoms with van der Waals surface area (Å²) < 4.78 is 13.4. The number of hydrogen-bond acceptors (Lipinski definition) is 3. The lowest BCUT2D eigenvalue weighted by atomic mass is 10.1. The lowest BCUT2D eigenvalue weighted by Crippen LogP contribution is -1.87. The van der Waals surface area contributed by atoms with Gasteiger partial charge < -0.3 is 4.98 Å². The van der Waals surface area contributed by atoms with E-state index in [1.807, 2.05) is 31.2 Å². The van der Waals surface area contributed by atoms with Gasteiger partial charge in [0.2, 0.25) is 0 Å². The highest BCUT2D eigenvalue weighted by molar-refractivity contribution is 7.98. The molecule has 0 unspecified atom stereocenters. The van der Waals surface area contributed by atoms with Crippen molar-refractivity contribution < 1.29 is 4.39 Å². The summed E-state index contributed by atoms with van der Waals surface area (Å²) in [6, 6.07) is 12.4. The van der Waals surface area contributed by atoms with E-state index >= 15 is 0 Å². The molecule has 0 aliphatic rings. The van der Waals surface area contributed by atoms with E-state index in [0.29, 0.717) is 11.3 Å². The van der Waals surface area contributed by atoms with Crippen molar-refractivity contribution in [3.8, 4) is 6.07 Å². The van der Waals surface area contributed by atoms with Gasteiger partial charge in [-0.05, 0) is 48.4 Å². The summed E-state index contributed by atoms with van der Waals surface area (Å²) in [5.74, 6) is 0.176. The zero-order chi connectivity index (χ0) is 14.8. The van der Waals surface area contributed by atoms with Crippen LogP contribution in [0, 0.1) is 24.1 Å². The lowest BCUT2D eigenvalue weighted by molar-refractivity contribution is 0.626. The molecule has 0 atom stereocenters. The average Bonchev–Trinajstić information content (AvgIpc) is 2.86. The van der Waals surface area contributed by atoms with Gasteiger partial charge in [0.25, 0.3) is 0 Å². The van der Waals surface area contributed by atoms with Gasteiger partial charge in [-0.15, -0.1) is 0 Å². The number of nitrogens with zero attached hydrogens (tertiary/aromatic N) is 2. The normalized spacial score (nSPS) is 10.7. The molecule has 0 bridgehead atoms. The number of fused-ring (bicyclic) bond motifs is 1. The van der Waals surface area contributed by atoms with E-state index in [2.05, 4.69) is 9.97 Å². The quantitative estimate of drug-likeness (QED) is 0.738. The molecule has 1 N–H and O–H groups in total. The number of aromatic amines is 1. The molecule has 5 heteroatoms. The molecular weight excluding hydrogens is 285 g/mol. The number of aromatic nitrogens is 2. The lowest BCUT2D eigenvalue weighted by Gasteiger charge is -2.00. The number of rotatable bonds is 3. The van der Waals surface area contributed by atoms with Crippen molar-refractivity contribution in [2.45, 2.75) is 17.8 Å². The summed E-state index contributed by atoms with van der Waals surface area (Å²) in [4.78, 5) is 7.73. The molecular formula is C16H12FN3S. The van der Waals surface area contributed by atoms with Crippen molar-refractivity contribution in [3.63, 3.8) is 0 Å². The first-order valence-electron chi connectivity index (χ1n) is 6.43. The highest BCUT2D eigenvalue weighted by Gasteiger charge is 2.06. The van der Waals surface area contributed by atoms with Crippen LogP contribution in [0.3, 0.4) is 0 Å². The molecule has 0 aliphatic heterocycles. The Morgan fingerprint density at radius 3 is 2.95 bits per heavy atom. The largest absolute Gasteiger partial charge is 0.333 e. The fourth-order valence-electron chi connectivity index (χ4n) is 2.12. The van der Waals surface area contributed by atoms with Crippen molar-refractivity contribution in [1.29, 1.82) is 5.26 Å². The van der Waals surface area contributed by atoms with Gasteiger partial charge >= 0.3 is 0 Å². The Labute approximate surface area is 125 Å². The highest BCUT2D eigenvalue weighted by Crippen LogP contribution is 2.24. The third kappa shape index (κ3) is 3.06. The standard InChI is InChI=1S/C16H12FN3S/c1-10-2-3-14-15(4-10)20-16(19-14)21-9-12-5-11(8-18)6-13(17)7-12/h2-7H,9H2,1H3,(H,19,20). The zero-order valence-corrected chi connectivity index (χ0v) is 12.2. The number of imidazole rings is 1. The Kier molecular flexibility index (Phi) is 3.63. The summed E-state index contributed by atoms with van der Waals surface area (Å²) >= 11 is 1.49. The third-order valence-corrected chi connectivity index (χ3v) is 4.02. The van der Waals surface area contributed by atoms with Gasteiger partial charge in [-0.3, -0.25) is 0 Å². The van der Waals surface area contributed by atoms with Crippen molar-refractivity contribution in [2.75, 3.05) is 0 Å². The molecule has 0 saturated heterocycles. The van der Waals surface area contributed by atoms with E-state index < -0.39 is 0 Å². The van der Waals surface area contributed by atoms with Gasteiger partial charge in [0.05, 0.1) is 22.7 Å². The molecule has 0 saturated carbocycles. The van der Waals surface area contributed by atoms with Crippen molar-refractivity contribution in [1.82, 2.24) is 9.97 Å². The molecule has 2 aromatic carbocycles. The van der Waals surface area contributed by atoms with Crippen LogP contribution in [0.5, 0.6) is 0 Å². The van der Waals surface area contributed by atoms with Crippen LogP contribution < -0.4 is 0 Å². The first kappa shape index (κ1) is 13.7. The second kappa shape index (κ2) is 5.58. The van der Waals surface area contributed by atoms with Crippen molar-refractivity contribution in [3.05, 3.63) is 58.9 Å². The number of nitriles is 1. The summed E-state index contributed by atoms with van der Waals surface area (Å²) in [6.07, 6.45) is 0. The zero-order valence-electron chi connectivity index (χ0n) is 11.4. The molecule has 0 radical (unpaired) electrons. The second-order valence-electron chi connectivity index (χ2n) is 4.81. The smallest absolute Gasteiger partial charge is 0.166 e. The van der Waals surface area contributed by atoms with Crippen molar-refractivity contribution >= 4 is 22.8 Å². The summed E-state index contributed by atoms with van der Waals surface area (Å²) in [6.45, 7) is 2.03.